The number of hydrogen-bond acceptors (Lipinski definition) is 5. The fourth-order valence-electron chi connectivity index (χ4n) is 4.52. The number of hydrogen-bond donors (Lipinski definition) is 2. The number of anilines is 1. The predicted octanol–water partition coefficient (Wildman–Crippen LogP) is 4.13. The molecule has 2 aliphatic carbocycles. The third-order valence-electron chi connectivity index (χ3n) is 6.64. The molecule has 1 heterocycles. The van der Waals surface area contributed by atoms with Crippen LogP contribution in [0.1, 0.15) is 40.4 Å². The highest BCUT2D eigenvalue weighted by atomic mass is 16.5. The van der Waals surface area contributed by atoms with E-state index in [1.807, 2.05) is 36.4 Å². The number of pyridine rings is 1. The highest BCUT2D eigenvalue weighted by molar-refractivity contribution is 5.97. The first-order valence-corrected chi connectivity index (χ1v) is 11.0. The van der Waals surface area contributed by atoms with Crippen molar-refractivity contribution in [1.82, 2.24) is 9.88 Å². The van der Waals surface area contributed by atoms with Gasteiger partial charge >= 0.3 is 12.1 Å². The molecule has 0 saturated heterocycles. The lowest BCUT2D eigenvalue weighted by atomic mass is 9.98. The minimum absolute atomic E-state index is 0.0456. The highest BCUT2D eigenvalue weighted by Gasteiger charge is 2.55. The molecule has 0 aliphatic heterocycles. The molecule has 8 heteroatoms. The van der Waals surface area contributed by atoms with E-state index in [1.54, 1.807) is 0 Å². The van der Waals surface area contributed by atoms with Crippen molar-refractivity contribution >= 4 is 23.7 Å². The van der Waals surface area contributed by atoms with Crippen LogP contribution in [0.15, 0.2) is 66.9 Å². The largest absolute Gasteiger partial charge is 0.479 e. The Kier molecular flexibility index (Phi) is 5.28. The van der Waals surface area contributed by atoms with Crippen LogP contribution >= 0.6 is 0 Å². The smallest absolute Gasteiger partial charge is 0.411 e. The first-order chi connectivity index (χ1) is 16.4. The number of fused-ring (bicyclic) bond motifs is 3. The van der Waals surface area contributed by atoms with E-state index in [9.17, 15) is 19.5 Å². The number of carboxylic acids is 1. The Morgan fingerprint density at radius 3 is 2.18 bits per heavy atom. The van der Waals surface area contributed by atoms with Gasteiger partial charge in [0.05, 0.1) is 11.9 Å². The van der Waals surface area contributed by atoms with Gasteiger partial charge in [-0.3, -0.25) is 10.1 Å². The van der Waals surface area contributed by atoms with E-state index in [2.05, 4.69) is 22.4 Å². The Morgan fingerprint density at radius 1 is 1.03 bits per heavy atom. The molecule has 0 spiro atoms. The number of nitrogens with one attached hydrogen (secondary N) is 1. The second kappa shape index (κ2) is 8.30. The zero-order valence-electron chi connectivity index (χ0n) is 18.5. The van der Waals surface area contributed by atoms with E-state index in [4.69, 9.17) is 4.74 Å². The van der Waals surface area contributed by atoms with Gasteiger partial charge in [0.15, 0.2) is 0 Å². The topological polar surface area (TPSA) is 109 Å². The van der Waals surface area contributed by atoms with Gasteiger partial charge in [0.1, 0.15) is 17.8 Å². The molecule has 34 heavy (non-hydrogen) atoms. The fourth-order valence-corrected chi connectivity index (χ4v) is 4.52. The Hall–Kier alpha value is -4.20. The van der Waals surface area contributed by atoms with Crippen LogP contribution in [0.25, 0.3) is 11.1 Å². The normalized spacial score (nSPS) is 15.1. The van der Waals surface area contributed by atoms with Gasteiger partial charge in [-0.05, 0) is 47.2 Å². The SMILES string of the molecule is CN(C(=O)c1ccc(NC(=O)OCC2c3ccccc3-c3ccccc32)cn1)C1(C(=O)O)CC1. The van der Waals surface area contributed by atoms with Crippen molar-refractivity contribution in [3.63, 3.8) is 0 Å². The molecular formula is C26H23N3O5. The van der Waals surface area contributed by atoms with Crippen LogP contribution in [0.3, 0.4) is 0 Å². The summed E-state index contributed by atoms with van der Waals surface area (Å²) in [4.78, 5) is 41.8. The predicted molar refractivity (Wildman–Crippen MR) is 125 cm³/mol. The number of carbonyl (C=O) groups excluding carboxylic acids is 2. The van der Waals surface area contributed by atoms with Crippen LogP contribution in [0.5, 0.6) is 0 Å². The Bertz CT molecular complexity index is 1240. The van der Waals surface area contributed by atoms with E-state index in [-0.39, 0.29) is 18.2 Å². The molecule has 5 rings (SSSR count). The van der Waals surface area contributed by atoms with Crippen molar-refractivity contribution in [2.75, 3.05) is 19.0 Å². The summed E-state index contributed by atoms with van der Waals surface area (Å²) in [5.41, 5.74) is 3.88. The van der Waals surface area contributed by atoms with Crippen LogP contribution in [0.2, 0.25) is 0 Å². The van der Waals surface area contributed by atoms with Gasteiger partial charge in [-0.25, -0.2) is 14.6 Å². The molecule has 0 atom stereocenters. The van der Waals surface area contributed by atoms with Crippen LogP contribution in [-0.2, 0) is 9.53 Å². The molecule has 0 radical (unpaired) electrons. The van der Waals surface area contributed by atoms with E-state index in [1.165, 1.54) is 30.3 Å². The van der Waals surface area contributed by atoms with Gasteiger partial charge in [-0.15, -0.1) is 0 Å². The number of carboxylic acid groups (broad SMARTS) is 1. The summed E-state index contributed by atoms with van der Waals surface area (Å²) in [7, 11) is 1.47. The van der Waals surface area contributed by atoms with Crippen molar-refractivity contribution in [1.29, 1.82) is 0 Å². The number of nitrogens with zero attached hydrogens (tertiary/aromatic N) is 2. The maximum atomic E-state index is 12.6. The van der Waals surface area contributed by atoms with Crippen LogP contribution < -0.4 is 5.32 Å². The molecule has 2 aliphatic rings. The lowest BCUT2D eigenvalue weighted by Crippen LogP contribution is -2.44. The maximum Gasteiger partial charge on any atom is 0.411 e. The van der Waals surface area contributed by atoms with Gasteiger partial charge in [-0.2, -0.15) is 0 Å². The Balaban J connectivity index is 1.21. The van der Waals surface area contributed by atoms with Gasteiger partial charge < -0.3 is 14.7 Å². The van der Waals surface area contributed by atoms with E-state index < -0.39 is 23.5 Å². The number of aromatic nitrogens is 1. The number of ether oxygens (including phenoxy) is 1. The first kappa shape index (κ1) is 21.6. The van der Waals surface area contributed by atoms with E-state index in [0.717, 1.165) is 22.3 Å². The third kappa shape index (κ3) is 3.67. The summed E-state index contributed by atoms with van der Waals surface area (Å²) in [6, 6.07) is 19.2. The number of rotatable bonds is 6. The number of amides is 2. The van der Waals surface area contributed by atoms with E-state index >= 15 is 0 Å². The molecule has 0 bridgehead atoms. The fraction of sp³-hybridized carbons (Fsp3) is 0.231. The molecule has 1 fully saturated rings. The van der Waals surface area contributed by atoms with Crippen LogP contribution in [-0.4, -0.2) is 52.2 Å². The van der Waals surface area contributed by atoms with Crippen molar-refractivity contribution in [2.24, 2.45) is 0 Å². The molecule has 2 N–H and O–H groups in total. The van der Waals surface area contributed by atoms with Crippen molar-refractivity contribution in [3.05, 3.63) is 83.7 Å². The summed E-state index contributed by atoms with van der Waals surface area (Å²) in [5, 5.41) is 12.0. The van der Waals surface area contributed by atoms with Gasteiger partial charge in [0, 0.05) is 13.0 Å². The molecule has 1 aromatic heterocycles. The maximum absolute atomic E-state index is 12.6. The molecule has 3 aromatic rings. The number of carbonyl (C=O) groups is 3. The number of likely N-dealkylation sites (N-methyl/N-ethyl adjacent to an activating group) is 1. The average Bonchev–Trinajstić information content (AvgIpc) is 3.61. The third-order valence-corrected chi connectivity index (χ3v) is 6.64. The van der Waals surface area contributed by atoms with E-state index in [0.29, 0.717) is 18.5 Å². The molecule has 2 amide bonds. The van der Waals surface area contributed by atoms with Gasteiger partial charge in [0.2, 0.25) is 0 Å². The average molecular weight is 457 g/mol. The molecule has 8 nitrogen and oxygen atoms in total. The standard InChI is InChI=1S/C26H23N3O5/c1-29(26(12-13-26)24(31)32)23(30)22-11-10-16(14-27-22)28-25(33)34-15-21-19-8-4-2-6-17(19)18-7-3-5-9-20(18)21/h2-11,14,21H,12-13,15H2,1H3,(H,28,33)(H,31,32). The molecule has 2 aromatic carbocycles. The van der Waals surface area contributed by atoms with Crippen LogP contribution in [0.4, 0.5) is 10.5 Å². The molecule has 172 valence electrons. The summed E-state index contributed by atoms with van der Waals surface area (Å²) < 4.78 is 5.52. The molecular weight excluding hydrogens is 434 g/mol. The molecule has 0 unspecified atom stereocenters. The van der Waals surface area contributed by atoms with Crippen LogP contribution in [0, 0.1) is 0 Å². The zero-order chi connectivity index (χ0) is 23.9. The lowest BCUT2D eigenvalue weighted by molar-refractivity contribution is -0.143. The second-order valence-electron chi connectivity index (χ2n) is 8.58. The quantitative estimate of drug-likeness (QED) is 0.576. The number of benzene rings is 2. The van der Waals surface area contributed by atoms with Crippen molar-refractivity contribution < 1.29 is 24.2 Å². The first-order valence-electron chi connectivity index (χ1n) is 11.0. The van der Waals surface area contributed by atoms with Crippen molar-refractivity contribution in [3.8, 4) is 11.1 Å². The summed E-state index contributed by atoms with van der Waals surface area (Å²) in [6.45, 7) is 0.186. The second-order valence-corrected chi connectivity index (χ2v) is 8.58. The summed E-state index contributed by atoms with van der Waals surface area (Å²) in [5.74, 6) is -1.54. The minimum atomic E-state index is -1.14. The minimum Gasteiger partial charge on any atom is -0.479 e. The lowest BCUT2D eigenvalue weighted by Gasteiger charge is -2.24. The van der Waals surface area contributed by atoms with Gasteiger partial charge in [0.25, 0.3) is 5.91 Å². The summed E-state index contributed by atoms with van der Waals surface area (Å²) >= 11 is 0. The Labute approximate surface area is 196 Å². The zero-order valence-corrected chi connectivity index (χ0v) is 18.5. The monoisotopic (exact) mass is 457 g/mol. The van der Waals surface area contributed by atoms with Crippen molar-refractivity contribution in [2.45, 2.75) is 24.3 Å². The summed E-state index contributed by atoms with van der Waals surface area (Å²) in [6.07, 6.45) is 1.57. The highest BCUT2D eigenvalue weighted by Crippen LogP contribution is 2.44. The number of aliphatic carboxylic acids is 1. The van der Waals surface area contributed by atoms with Gasteiger partial charge in [-0.1, -0.05) is 48.5 Å². The Morgan fingerprint density at radius 2 is 1.65 bits per heavy atom. The molecule has 1 saturated carbocycles.